The lowest BCUT2D eigenvalue weighted by Gasteiger charge is -2.26. The Morgan fingerprint density at radius 1 is 1.19 bits per heavy atom. The first-order valence-corrected chi connectivity index (χ1v) is 9.97. The van der Waals surface area contributed by atoms with Crippen LogP contribution in [-0.4, -0.2) is 49.9 Å². The quantitative estimate of drug-likeness (QED) is 0.542. The fourth-order valence-electron chi connectivity index (χ4n) is 3.66. The van der Waals surface area contributed by atoms with Gasteiger partial charge < -0.3 is 20.5 Å². The molecule has 1 aliphatic carbocycles. The number of anilines is 3. The van der Waals surface area contributed by atoms with Crippen molar-refractivity contribution in [2.45, 2.75) is 50.2 Å². The van der Waals surface area contributed by atoms with E-state index in [1.54, 1.807) is 0 Å². The summed E-state index contributed by atoms with van der Waals surface area (Å²) in [4.78, 5) is 12.8. The number of hydrogen-bond donors (Lipinski definition) is 3. The summed E-state index contributed by atoms with van der Waals surface area (Å²) in [7, 11) is 0. The van der Waals surface area contributed by atoms with Crippen LogP contribution in [0.5, 0.6) is 0 Å². The third-order valence-corrected chi connectivity index (χ3v) is 5.22. The van der Waals surface area contributed by atoms with Crippen molar-refractivity contribution in [3.05, 3.63) is 35.8 Å². The van der Waals surface area contributed by atoms with Crippen LogP contribution in [-0.2, 0) is 4.74 Å². The number of nitrogens with zero attached hydrogens (tertiary/aromatic N) is 4. The first-order valence-electron chi connectivity index (χ1n) is 12.5. The summed E-state index contributed by atoms with van der Waals surface area (Å²) >= 11 is 0. The summed E-state index contributed by atoms with van der Waals surface area (Å²) in [6, 6.07) is -1.59. The number of aliphatic hydroxyl groups is 1. The molecule has 0 bridgehead atoms. The Balaban J connectivity index is 1.56. The van der Waals surface area contributed by atoms with Gasteiger partial charge in [0.2, 0.25) is 11.9 Å². The first-order chi connectivity index (χ1) is 17.3. The second-order valence-corrected chi connectivity index (χ2v) is 7.46. The van der Waals surface area contributed by atoms with Gasteiger partial charge in [-0.15, -0.1) is 0 Å². The molecule has 1 aliphatic heterocycles. The van der Waals surface area contributed by atoms with Crippen molar-refractivity contribution in [1.29, 1.82) is 0 Å². The van der Waals surface area contributed by atoms with E-state index in [0.29, 0.717) is 25.2 Å². The predicted molar refractivity (Wildman–Crippen MR) is 111 cm³/mol. The summed E-state index contributed by atoms with van der Waals surface area (Å²) in [6.45, 7) is 0.648. The molecule has 0 radical (unpaired) electrons. The van der Waals surface area contributed by atoms with Gasteiger partial charge in [0.25, 0.3) is 0 Å². The van der Waals surface area contributed by atoms with E-state index < -0.39 is 60.8 Å². The van der Waals surface area contributed by atoms with E-state index in [4.69, 9.17) is 11.6 Å². The fraction of sp³-hybridized carbons (Fsp3) is 0.476. The highest BCUT2D eigenvalue weighted by Gasteiger charge is 2.27. The van der Waals surface area contributed by atoms with E-state index >= 15 is 0 Å². The van der Waals surface area contributed by atoms with Crippen LogP contribution < -0.4 is 10.6 Å². The highest BCUT2D eigenvalue weighted by molar-refractivity contribution is 5.76. The Labute approximate surface area is 188 Å². The number of imidazole rings is 1. The van der Waals surface area contributed by atoms with E-state index in [1.165, 1.54) is 10.8 Å². The summed E-state index contributed by atoms with van der Waals surface area (Å²) in [5.41, 5.74) is -0.239. The second-order valence-electron chi connectivity index (χ2n) is 7.46. The lowest BCUT2D eigenvalue weighted by molar-refractivity contribution is 0.126. The van der Waals surface area contributed by atoms with Gasteiger partial charge in [-0.2, -0.15) is 4.98 Å². The molecule has 4 atom stereocenters. The van der Waals surface area contributed by atoms with Crippen LogP contribution in [0.1, 0.15) is 44.9 Å². The lowest BCUT2D eigenvalue weighted by atomic mass is 9.93. The molecule has 8 nitrogen and oxygen atoms in total. The first kappa shape index (κ1) is 15.8. The zero-order chi connectivity index (χ0) is 26.8. The van der Waals surface area contributed by atoms with Gasteiger partial charge in [-0.3, -0.25) is 4.57 Å². The molecule has 3 heterocycles. The zero-order valence-corrected chi connectivity index (χ0v) is 16.7. The minimum atomic E-state index is -2.49. The Kier molecular flexibility index (Phi) is 4.22. The number of benzene rings is 1. The molecule has 2 aliphatic rings. The van der Waals surface area contributed by atoms with E-state index in [1.807, 2.05) is 0 Å². The smallest absolute Gasteiger partial charge is 0.224 e. The van der Waals surface area contributed by atoms with Crippen molar-refractivity contribution in [1.82, 2.24) is 19.5 Å². The third-order valence-electron chi connectivity index (χ3n) is 5.22. The van der Waals surface area contributed by atoms with Gasteiger partial charge in [0, 0.05) is 28.9 Å². The van der Waals surface area contributed by atoms with Crippen LogP contribution in [0.2, 0.25) is 0 Å². The van der Waals surface area contributed by atoms with Crippen molar-refractivity contribution in [2.75, 3.05) is 23.8 Å². The highest BCUT2D eigenvalue weighted by atomic mass is 19.1. The molecule has 170 valence electrons. The molecule has 0 amide bonds. The molecule has 1 aromatic carbocycles. The van der Waals surface area contributed by atoms with Crippen molar-refractivity contribution < 1.29 is 29.9 Å². The Morgan fingerprint density at radius 3 is 2.72 bits per heavy atom. The Bertz CT molecular complexity index is 1330. The number of ether oxygens (including phenoxy) is 1. The Hall–Kier alpha value is -2.92. The van der Waals surface area contributed by atoms with Gasteiger partial charge in [-0.05, 0) is 32.0 Å². The van der Waals surface area contributed by atoms with Gasteiger partial charge in [-0.25, -0.2) is 23.1 Å². The normalized spacial score (nSPS) is 34.3. The number of hydrogen-bond acceptors (Lipinski definition) is 7. The van der Waals surface area contributed by atoms with E-state index in [2.05, 4.69) is 25.6 Å². The average molecular weight is 453 g/mol. The molecule has 3 aromatic rings. The molecular formula is C21H23F3N6O2. The molecule has 0 spiro atoms. The largest absolute Gasteiger partial charge is 0.393 e. The molecule has 1 saturated carbocycles. The standard InChI is InChI=1S/C21H23F3N6O2/c22-11-7-15(23)18(16(24)8-11)28-21-27-17-9-25-20(26-12-1-3-14(31)4-2-12)29-19(17)30(21)13-5-6-32-10-13/h7-9,12-14,31H,1-6,10H2,(H,27,28)(H,25,26,29)/i1D,2D2,12D,14D. The van der Waals surface area contributed by atoms with Crippen LogP contribution in [0.25, 0.3) is 11.2 Å². The van der Waals surface area contributed by atoms with E-state index in [9.17, 15) is 18.3 Å². The van der Waals surface area contributed by atoms with Gasteiger partial charge in [0.15, 0.2) is 17.3 Å². The maximum atomic E-state index is 14.3. The predicted octanol–water partition coefficient (Wildman–Crippen LogP) is 3.66. The molecule has 2 fully saturated rings. The highest BCUT2D eigenvalue weighted by Crippen LogP contribution is 2.32. The van der Waals surface area contributed by atoms with Crippen LogP contribution in [0, 0.1) is 17.5 Å². The molecule has 5 rings (SSSR count). The Morgan fingerprint density at radius 2 is 2.00 bits per heavy atom. The van der Waals surface area contributed by atoms with Crippen molar-refractivity contribution >= 4 is 28.7 Å². The summed E-state index contributed by atoms with van der Waals surface area (Å²) in [5, 5.41) is 15.1. The zero-order valence-electron chi connectivity index (χ0n) is 21.7. The topological polar surface area (TPSA) is 97.1 Å². The van der Waals surface area contributed by atoms with Crippen molar-refractivity contribution in [3.8, 4) is 0 Å². The van der Waals surface area contributed by atoms with Crippen molar-refractivity contribution in [3.63, 3.8) is 0 Å². The lowest BCUT2D eigenvalue weighted by Crippen LogP contribution is -2.29. The molecular weight excluding hydrogens is 425 g/mol. The number of fused-ring (bicyclic) bond motifs is 1. The minimum absolute atomic E-state index is 0.0208. The second kappa shape index (κ2) is 8.55. The number of rotatable bonds is 5. The number of nitrogens with one attached hydrogen (secondary N) is 2. The molecule has 32 heavy (non-hydrogen) atoms. The SMILES string of the molecule is [2H]C1CC([2H])(O)CC([2H])([2H])C1([2H])Nc1ncc2nc(Nc3c(F)cc(F)cc3F)n(C3CCOC3)c2n1. The van der Waals surface area contributed by atoms with Crippen LogP contribution in [0.15, 0.2) is 18.3 Å². The van der Waals surface area contributed by atoms with E-state index in [-0.39, 0.29) is 35.7 Å². The van der Waals surface area contributed by atoms with Crippen molar-refractivity contribution in [2.24, 2.45) is 0 Å². The molecule has 2 aromatic heterocycles. The number of aromatic nitrogens is 4. The van der Waals surface area contributed by atoms with Crippen LogP contribution in [0.3, 0.4) is 0 Å². The maximum absolute atomic E-state index is 14.3. The fourth-order valence-corrected chi connectivity index (χ4v) is 3.66. The molecule has 1 saturated heterocycles. The monoisotopic (exact) mass is 453 g/mol. The summed E-state index contributed by atoms with van der Waals surface area (Å²) < 4.78 is 90.3. The minimum Gasteiger partial charge on any atom is -0.393 e. The van der Waals surface area contributed by atoms with Gasteiger partial charge >= 0.3 is 0 Å². The average Bonchev–Trinajstić information content (AvgIpc) is 3.41. The molecule has 4 unspecified atom stereocenters. The van der Waals surface area contributed by atoms with Gasteiger partial charge in [-0.1, -0.05) is 0 Å². The summed E-state index contributed by atoms with van der Waals surface area (Å²) in [6.07, 6.45) is -5.60. The molecule has 3 N–H and O–H groups in total. The number of halogens is 3. The van der Waals surface area contributed by atoms with Gasteiger partial charge in [0.05, 0.1) is 27.7 Å². The maximum Gasteiger partial charge on any atom is 0.224 e. The van der Waals surface area contributed by atoms with E-state index in [0.717, 1.165) is 0 Å². The third kappa shape index (κ3) is 4.09. The van der Waals surface area contributed by atoms with Gasteiger partial charge in [0.1, 0.15) is 17.0 Å². The van der Waals surface area contributed by atoms with Crippen LogP contribution >= 0.6 is 0 Å². The summed E-state index contributed by atoms with van der Waals surface area (Å²) in [5.74, 6) is -3.65. The molecule has 11 heteroatoms. The van der Waals surface area contributed by atoms with Crippen LogP contribution in [0.4, 0.5) is 30.8 Å².